The lowest BCUT2D eigenvalue weighted by molar-refractivity contribution is 0.193. The summed E-state index contributed by atoms with van der Waals surface area (Å²) in [6, 6.07) is 0. The molecule has 0 saturated carbocycles. The summed E-state index contributed by atoms with van der Waals surface area (Å²) in [4.78, 5) is 0. The molecule has 1 saturated heterocycles. The van der Waals surface area contributed by atoms with E-state index in [1.807, 2.05) is 0 Å². The summed E-state index contributed by atoms with van der Waals surface area (Å²) in [6.45, 7) is 1.69. The molecular weight excluding hydrogens is 179 g/mol. The zero-order chi connectivity index (χ0) is 5.11. The first-order valence-corrected chi connectivity index (χ1v) is 5.31. The van der Waals surface area contributed by atoms with Gasteiger partial charge in [-0.3, -0.25) is 0 Å². The first-order valence-electron chi connectivity index (χ1n) is 2.11. The first kappa shape index (κ1) is 5.96. The van der Waals surface area contributed by atoms with Crippen LogP contribution in [0.5, 0.6) is 0 Å². The Hall–Kier alpha value is 0.830. The van der Waals surface area contributed by atoms with Gasteiger partial charge in [-0.05, 0) is 6.42 Å². The van der Waals surface area contributed by atoms with Crippen molar-refractivity contribution in [3.8, 4) is 0 Å². The molecule has 0 atom stereocenters. The summed E-state index contributed by atoms with van der Waals surface area (Å²) in [7, 11) is -0.679. The van der Waals surface area contributed by atoms with E-state index in [-0.39, 0.29) is 0 Å². The number of halogens is 1. The molecule has 0 aliphatic carbocycles. The fraction of sp³-hybridized carbons (Fsp3) is 1.00. The van der Waals surface area contributed by atoms with E-state index in [2.05, 4.69) is 15.5 Å². The van der Waals surface area contributed by atoms with Gasteiger partial charge in [0.05, 0.1) is 13.2 Å². The third-order valence-corrected chi connectivity index (χ3v) is 2.67. The fourth-order valence-corrected chi connectivity index (χ4v) is 1.86. The first-order chi connectivity index (χ1) is 3.39. The van der Waals surface area contributed by atoms with Crippen molar-refractivity contribution in [1.29, 1.82) is 0 Å². The second kappa shape index (κ2) is 2.98. The van der Waals surface area contributed by atoms with Gasteiger partial charge in [0.15, 0.2) is 0 Å². The minimum atomic E-state index is -0.679. The lowest BCUT2D eigenvalue weighted by Gasteiger charge is -2.15. The van der Waals surface area contributed by atoms with Crippen LogP contribution in [0.15, 0.2) is 0 Å². The van der Waals surface area contributed by atoms with Gasteiger partial charge in [0.25, 0.3) is 0 Å². The van der Waals surface area contributed by atoms with Crippen LogP contribution in [0.25, 0.3) is 0 Å². The average Bonchev–Trinajstić information content (AvgIpc) is 1.69. The molecule has 1 heterocycles. The van der Waals surface area contributed by atoms with Crippen LogP contribution in [0.1, 0.15) is 6.42 Å². The lowest BCUT2D eigenvalue weighted by Crippen LogP contribution is -2.01. The summed E-state index contributed by atoms with van der Waals surface area (Å²) in [5.74, 6) is 0. The Morgan fingerprint density at radius 1 is 1.29 bits per heavy atom. The van der Waals surface area contributed by atoms with Crippen molar-refractivity contribution in [2.24, 2.45) is 0 Å². The van der Waals surface area contributed by atoms with E-state index < -0.39 is 7.08 Å². The molecule has 0 radical (unpaired) electrons. The van der Waals surface area contributed by atoms with E-state index in [1.165, 1.54) is 0 Å². The van der Waals surface area contributed by atoms with E-state index in [9.17, 15) is 0 Å². The smallest absolute Gasteiger partial charge is 0.246 e. The molecule has 0 unspecified atom stereocenters. The summed E-state index contributed by atoms with van der Waals surface area (Å²) in [5, 5.41) is 0. The molecule has 0 aromatic rings. The summed E-state index contributed by atoms with van der Waals surface area (Å²) < 4.78 is 10.1. The molecule has 0 N–H and O–H groups in total. The summed E-state index contributed by atoms with van der Waals surface area (Å²) in [6.07, 6.45) is 1.03. The van der Waals surface area contributed by atoms with E-state index in [1.54, 1.807) is 0 Å². The molecule has 0 aromatic carbocycles. The molecule has 1 fully saturated rings. The Kier molecular flexibility index (Phi) is 2.53. The average molecular weight is 185 g/mol. The van der Waals surface area contributed by atoms with Crippen molar-refractivity contribution in [2.75, 3.05) is 13.2 Å². The highest BCUT2D eigenvalue weighted by atomic mass is 79.9. The van der Waals surface area contributed by atoms with Gasteiger partial charge >= 0.3 is 0 Å². The van der Waals surface area contributed by atoms with Crippen LogP contribution in [-0.4, -0.2) is 13.2 Å². The molecule has 7 heavy (non-hydrogen) atoms. The van der Waals surface area contributed by atoms with Gasteiger partial charge in [-0.2, -0.15) is 0 Å². The molecule has 0 bridgehead atoms. The SMILES string of the molecule is BrP1OCCCO1. The van der Waals surface area contributed by atoms with E-state index in [0.717, 1.165) is 19.6 Å². The summed E-state index contributed by atoms with van der Waals surface area (Å²) in [5.41, 5.74) is 0. The van der Waals surface area contributed by atoms with E-state index >= 15 is 0 Å². The van der Waals surface area contributed by atoms with Crippen molar-refractivity contribution >= 4 is 22.6 Å². The molecule has 0 aromatic heterocycles. The number of hydrogen-bond donors (Lipinski definition) is 0. The Morgan fingerprint density at radius 2 is 1.86 bits per heavy atom. The largest absolute Gasteiger partial charge is 0.326 e. The Morgan fingerprint density at radius 3 is 2.14 bits per heavy atom. The quantitative estimate of drug-likeness (QED) is 0.537. The van der Waals surface area contributed by atoms with Gasteiger partial charge in [-0.1, -0.05) is 0 Å². The topological polar surface area (TPSA) is 18.5 Å². The monoisotopic (exact) mass is 184 g/mol. The van der Waals surface area contributed by atoms with Gasteiger partial charge in [0, 0.05) is 15.5 Å². The van der Waals surface area contributed by atoms with Crippen molar-refractivity contribution in [3.05, 3.63) is 0 Å². The maximum absolute atomic E-state index is 5.04. The van der Waals surface area contributed by atoms with Gasteiger partial charge in [0.2, 0.25) is 7.08 Å². The van der Waals surface area contributed by atoms with Crippen LogP contribution in [0.4, 0.5) is 0 Å². The molecule has 1 aliphatic rings. The van der Waals surface area contributed by atoms with Gasteiger partial charge in [0.1, 0.15) is 0 Å². The summed E-state index contributed by atoms with van der Waals surface area (Å²) >= 11 is 3.21. The fourth-order valence-electron chi connectivity index (χ4n) is 0.369. The highest BCUT2D eigenvalue weighted by Crippen LogP contribution is 2.48. The molecule has 1 aliphatic heterocycles. The molecule has 0 spiro atoms. The molecule has 2 nitrogen and oxygen atoms in total. The van der Waals surface area contributed by atoms with E-state index in [0.29, 0.717) is 0 Å². The van der Waals surface area contributed by atoms with E-state index in [4.69, 9.17) is 9.05 Å². The highest BCUT2D eigenvalue weighted by molar-refractivity contribution is 9.38. The second-order valence-corrected chi connectivity index (χ2v) is 3.91. The van der Waals surface area contributed by atoms with Crippen molar-refractivity contribution in [1.82, 2.24) is 0 Å². The van der Waals surface area contributed by atoms with Crippen LogP contribution in [-0.2, 0) is 9.05 Å². The number of hydrogen-bond acceptors (Lipinski definition) is 2. The van der Waals surface area contributed by atoms with Gasteiger partial charge < -0.3 is 9.05 Å². The molecule has 4 heteroatoms. The standard InChI is InChI=1S/C3H6BrO2P/c4-7-5-2-1-3-6-7/h1-3H2. The Balaban J connectivity index is 2.12. The second-order valence-electron chi connectivity index (χ2n) is 1.23. The third-order valence-electron chi connectivity index (χ3n) is 0.674. The predicted molar refractivity (Wildman–Crippen MR) is 32.4 cm³/mol. The van der Waals surface area contributed by atoms with Crippen LogP contribution in [0.3, 0.4) is 0 Å². The maximum Gasteiger partial charge on any atom is 0.246 e. The normalized spacial score (nSPS) is 25.3. The molecular formula is C3H6BrO2P. The van der Waals surface area contributed by atoms with Crippen molar-refractivity contribution < 1.29 is 9.05 Å². The minimum Gasteiger partial charge on any atom is -0.326 e. The zero-order valence-corrected chi connectivity index (χ0v) is 6.24. The van der Waals surface area contributed by atoms with Crippen LogP contribution in [0.2, 0.25) is 0 Å². The molecule has 1 rings (SSSR count). The zero-order valence-electron chi connectivity index (χ0n) is 3.76. The predicted octanol–water partition coefficient (Wildman–Crippen LogP) is 2.05. The van der Waals surface area contributed by atoms with Gasteiger partial charge in [-0.25, -0.2) is 0 Å². The highest BCUT2D eigenvalue weighted by Gasteiger charge is 2.09. The lowest BCUT2D eigenvalue weighted by atomic mass is 10.5. The number of rotatable bonds is 0. The van der Waals surface area contributed by atoms with Gasteiger partial charge in [-0.15, -0.1) is 0 Å². The maximum atomic E-state index is 5.04. The van der Waals surface area contributed by atoms with Crippen LogP contribution in [0, 0.1) is 0 Å². The van der Waals surface area contributed by atoms with Crippen molar-refractivity contribution in [2.45, 2.75) is 6.42 Å². The third kappa shape index (κ3) is 2.04. The van der Waals surface area contributed by atoms with Crippen molar-refractivity contribution in [3.63, 3.8) is 0 Å². The molecule has 42 valence electrons. The van der Waals surface area contributed by atoms with Crippen LogP contribution >= 0.6 is 22.6 Å². The Bertz CT molecular complexity index is 54.9. The van der Waals surface area contributed by atoms with Crippen LogP contribution < -0.4 is 0 Å². The minimum absolute atomic E-state index is 0.679. The molecule has 0 amide bonds. The Labute approximate surface area is 51.8 Å².